The largest absolute Gasteiger partial charge is 0.397 e. The van der Waals surface area contributed by atoms with Gasteiger partial charge in [-0.2, -0.15) is 0 Å². The van der Waals surface area contributed by atoms with Gasteiger partial charge in [-0.15, -0.1) is 11.3 Å². The van der Waals surface area contributed by atoms with Crippen LogP contribution in [0.15, 0.2) is 12.1 Å². The van der Waals surface area contributed by atoms with Crippen molar-refractivity contribution in [2.75, 3.05) is 19.3 Å². The highest BCUT2D eigenvalue weighted by Gasteiger charge is 2.32. The van der Waals surface area contributed by atoms with Crippen molar-refractivity contribution in [3.05, 3.63) is 22.7 Å². The van der Waals surface area contributed by atoms with E-state index in [1.807, 2.05) is 30.9 Å². The first-order valence-corrected chi connectivity index (χ1v) is 8.97. The smallest absolute Gasteiger partial charge is 0.263 e. The Morgan fingerprint density at radius 3 is 2.83 bits per heavy atom. The van der Waals surface area contributed by atoms with Gasteiger partial charge in [0.15, 0.2) is 0 Å². The standard InChI is InChI=1S/C17H22N4O2S/c1-9(2)17(23)21-8-4-5-12(21)11-7-6-10-13(18)14(15(22)19-3)24-16(10)20-11/h6-7,9,12H,4-5,8,18H2,1-3H3,(H,19,22)/t12-/m1/s1. The van der Waals surface area contributed by atoms with E-state index >= 15 is 0 Å². The lowest BCUT2D eigenvalue weighted by Gasteiger charge is -2.26. The average molecular weight is 346 g/mol. The summed E-state index contributed by atoms with van der Waals surface area (Å²) in [5, 5.41) is 3.39. The zero-order valence-electron chi connectivity index (χ0n) is 14.1. The molecule has 6 nitrogen and oxygen atoms in total. The van der Waals surface area contributed by atoms with Gasteiger partial charge in [-0.3, -0.25) is 9.59 Å². The van der Waals surface area contributed by atoms with Crippen molar-refractivity contribution in [2.45, 2.75) is 32.7 Å². The topological polar surface area (TPSA) is 88.3 Å². The van der Waals surface area contributed by atoms with Crippen molar-refractivity contribution >= 4 is 39.1 Å². The van der Waals surface area contributed by atoms with Gasteiger partial charge in [-0.25, -0.2) is 4.98 Å². The van der Waals surface area contributed by atoms with Crippen molar-refractivity contribution in [1.29, 1.82) is 0 Å². The van der Waals surface area contributed by atoms with Crippen molar-refractivity contribution in [1.82, 2.24) is 15.2 Å². The molecule has 1 atom stereocenters. The lowest BCUT2D eigenvalue weighted by molar-refractivity contribution is -0.135. The predicted octanol–water partition coefficient (Wildman–Crippen LogP) is 2.56. The lowest BCUT2D eigenvalue weighted by Crippen LogP contribution is -2.34. The fourth-order valence-corrected chi connectivity index (χ4v) is 4.20. The maximum absolute atomic E-state index is 12.4. The van der Waals surface area contributed by atoms with E-state index in [-0.39, 0.29) is 23.8 Å². The number of rotatable bonds is 3. The Kier molecular flexibility index (Phi) is 4.45. The number of nitrogens with two attached hydrogens (primary N) is 1. The third-order valence-electron chi connectivity index (χ3n) is 4.42. The average Bonchev–Trinajstić information content (AvgIpc) is 3.18. The Morgan fingerprint density at radius 2 is 2.17 bits per heavy atom. The molecule has 3 heterocycles. The van der Waals surface area contributed by atoms with Crippen LogP contribution < -0.4 is 11.1 Å². The second kappa shape index (κ2) is 6.39. The molecule has 2 aromatic heterocycles. The monoisotopic (exact) mass is 346 g/mol. The Morgan fingerprint density at radius 1 is 1.42 bits per heavy atom. The van der Waals surface area contributed by atoms with Gasteiger partial charge in [0.25, 0.3) is 5.91 Å². The van der Waals surface area contributed by atoms with Gasteiger partial charge in [0.1, 0.15) is 9.71 Å². The van der Waals surface area contributed by atoms with Gasteiger partial charge < -0.3 is 16.0 Å². The molecule has 0 unspecified atom stereocenters. The number of anilines is 1. The predicted molar refractivity (Wildman–Crippen MR) is 95.9 cm³/mol. The van der Waals surface area contributed by atoms with E-state index in [1.165, 1.54) is 11.3 Å². The van der Waals surface area contributed by atoms with Crippen molar-refractivity contribution in [3.63, 3.8) is 0 Å². The van der Waals surface area contributed by atoms with Crippen LogP contribution >= 0.6 is 11.3 Å². The van der Waals surface area contributed by atoms with Crippen LogP contribution in [0.25, 0.3) is 10.2 Å². The molecule has 2 aromatic rings. The van der Waals surface area contributed by atoms with Crippen LogP contribution in [0.1, 0.15) is 48.1 Å². The number of fused-ring (bicyclic) bond motifs is 1. The van der Waals surface area contributed by atoms with E-state index in [0.717, 1.165) is 35.3 Å². The minimum atomic E-state index is -0.200. The van der Waals surface area contributed by atoms with Gasteiger partial charge in [-0.05, 0) is 25.0 Å². The normalized spacial score (nSPS) is 17.7. The Hall–Kier alpha value is -2.15. The van der Waals surface area contributed by atoms with E-state index in [0.29, 0.717) is 10.6 Å². The van der Waals surface area contributed by atoms with E-state index in [4.69, 9.17) is 10.7 Å². The highest BCUT2D eigenvalue weighted by molar-refractivity contribution is 7.21. The molecule has 3 N–H and O–H groups in total. The zero-order chi connectivity index (χ0) is 17.4. The molecule has 0 saturated carbocycles. The van der Waals surface area contributed by atoms with Gasteiger partial charge in [0.2, 0.25) is 5.91 Å². The summed E-state index contributed by atoms with van der Waals surface area (Å²) < 4.78 is 0. The number of hydrogen-bond donors (Lipinski definition) is 2. The molecule has 0 aromatic carbocycles. The number of aromatic nitrogens is 1. The molecule has 1 aliphatic rings. The molecule has 1 fully saturated rings. The third kappa shape index (κ3) is 2.73. The lowest BCUT2D eigenvalue weighted by atomic mass is 10.1. The first-order valence-electron chi connectivity index (χ1n) is 8.15. The Bertz CT molecular complexity index is 799. The number of nitrogens with zero attached hydrogens (tertiary/aromatic N) is 2. The summed E-state index contributed by atoms with van der Waals surface area (Å²) in [5.41, 5.74) is 7.42. The van der Waals surface area contributed by atoms with Crippen LogP contribution in [0.2, 0.25) is 0 Å². The number of thiophene rings is 1. The van der Waals surface area contributed by atoms with Gasteiger partial charge in [-0.1, -0.05) is 13.8 Å². The molecule has 24 heavy (non-hydrogen) atoms. The Labute approximate surface area is 145 Å². The van der Waals surface area contributed by atoms with E-state index in [1.54, 1.807) is 7.05 Å². The SMILES string of the molecule is CNC(=O)c1sc2nc([C@H]3CCCN3C(=O)C(C)C)ccc2c1N. The van der Waals surface area contributed by atoms with E-state index in [2.05, 4.69) is 5.32 Å². The number of carbonyl (C=O) groups is 2. The maximum atomic E-state index is 12.4. The minimum absolute atomic E-state index is 0.0103. The minimum Gasteiger partial charge on any atom is -0.397 e. The maximum Gasteiger partial charge on any atom is 0.263 e. The van der Waals surface area contributed by atoms with Crippen LogP contribution in [0, 0.1) is 5.92 Å². The number of nitrogen functional groups attached to an aromatic ring is 1. The third-order valence-corrected chi connectivity index (χ3v) is 5.53. The van der Waals surface area contributed by atoms with Crippen LogP contribution in [-0.2, 0) is 4.79 Å². The molecule has 3 rings (SSSR count). The second-order valence-corrected chi connectivity index (χ2v) is 7.36. The summed E-state index contributed by atoms with van der Waals surface area (Å²) in [4.78, 5) is 32.2. The number of hydrogen-bond acceptors (Lipinski definition) is 5. The van der Waals surface area contributed by atoms with E-state index < -0.39 is 0 Å². The molecule has 0 aliphatic carbocycles. The van der Waals surface area contributed by atoms with Crippen molar-refractivity contribution in [2.24, 2.45) is 5.92 Å². The number of pyridine rings is 1. The van der Waals surface area contributed by atoms with Gasteiger partial charge in [0.05, 0.1) is 17.4 Å². The van der Waals surface area contributed by atoms with Gasteiger partial charge in [0, 0.05) is 24.9 Å². The molecule has 0 bridgehead atoms. The first-order chi connectivity index (χ1) is 11.4. The number of nitrogens with one attached hydrogen (secondary N) is 1. The summed E-state index contributed by atoms with van der Waals surface area (Å²) in [6, 6.07) is 3.85. The van der Waals surface area contributed by atoms with Crippen LogP contribution in [0.3, 0.4) is 0 Å². The highest BCUT2D eigenvalue weighted by Crippen LogP contribution is 2.37. The summed E-state index contributed by atoms with van der Waals surface area (Å²) in [6.07, 6.45) is 1.90. The van der Waals surface area contributed by atoms with Crippen LogP contribution in [0.5, 0.6) is 0 Å². The summed E-state index contributed by atoms with van der Waals surface area (Å²) in [5.74, 6) is -0.0581. The number of carbonyl (C=O) groups excluding carboxylic acids is 2. The summed E-state index contributed by atoms with van der Waals surface area (Å²) in [7, 11) is 1.58. The molecule has 0 spiro atoms. The van der Waals surface area contributed by atoms with Gasteiger partial charge >= 0.3 is 0 Å². The molecule has 128 valence electrons. The highest BCUT2D eigenvalue weighted by atomic mass is 32.1. The molecule has 1 aliphatic heterocycles. The van der Waals surface area contributed by atoms with Crippen molar-refractivity contribution in [3.8, 4) is 0 Å². The fourth-order valence-electron chi connectivity index (χ4n) is 3.15. The summed E-state index contributed by atoms with van der Waals surface area (Å²) in [6.45, 7) is 4.62. The van der Waals surface area contributed by atoms with E-state index in [9.17, 15) is 9.59 Å². The van der Waals surface area contributed by atoms with Crippen LogP contribution in [0.4, 0.5) is 5.69 Å². The second-order valence-electron chi connectivity index (χ2n) is 6.36. The number of amides is 2. The first kappa shape index (κ1) is 16.7. The van der Waals surface area contributed by atoms with Crippen molar-refractivity contribution < 1.29 is 9.59 Å². The van der Waals surface area contributed by atoms with Crippen LogP contribution in [-0.4, -0.2) is 35.3 Å². The molecule has 1 saturated heterocycles. The Balaban J connectivity index is 1.99. The molecular formula is C17H22N4O2S. The fraction of sp³-hybridized carbons (Fsp3) is 0.471. The molecule has 2 amide bonds. The summed E-state index contributed by atoms with van der Waals surface area (Å²) >= 11 is 1.29. The molecule has 7 heteroatoms. The molecular weight excluding hydrogens is 324 g/mol. The quantitative estimate of drug-likeness (QED) is 0.894. The zero-order valence-corrected chi connectivity index (χ0v) is 14.9. The number of likely N-dealkylation sites (tertiary alicyclic amines) is 1. The molecule has 0 radical (unpaired) electrons.